The van der Waals surface area contributed by atoms with Gasteiger partial charge in [-0.15, -0.1) is 0 Å². The summed E-state index contributed by atoms with van der Waals surface area (Å²) in [5.41, 5.74) is 0. The van der Waals surface area contributed by atoms with Gasteiger partial charge < -0.3 is 29.9 Å². The molecule has 0 bridgehead atoms. The summed E-state index contributed by atoms with van der Waals surface area (Å²) in [6.45, 7) is 11.5. The van der Waals surface area contributed by atoms with Gasteiger partial charge in [-0.2, -0.15) is 0 Å². The minimum absolute atomic E-state index is 0.0996. The molecule has 0 aromatic rings. The summed E-state index contributed by atoms with van der Waals surface area (Å²) >= 11 is 0. The maximum absolute atomic E-state index is 12.2. The van der Waals surface area contributed by atoms with Crippen LogP contribution < -0.4 is 10.6 Å². The number of rotatable bonds is 14. The van der Waals surface area contributed by atoms with E-state index in [-0.39, 0.29) is 11.8 Å². The summed E-state index contributed by atoms with van der Waals surface area (Å²) in [6, 6.07) is 0. The molecule has 152 valence electrons. The number of carbonyl (C=O) groups excluding carboxylic acids is 2. The summed E-state index contributed by atoms with van der Waals surface area (Å²) in [4.78, 5) is 28.0. The van der Waals surface area contributed by atoms with Crippen LogP contribution in [-0.2, 0) is 19.1 Å². The van der Waals surface area contributed by atoms with E-state index >= 15 is 0 Å². The molecule has 0 aliphatic carbocycles. The van der Waals surface area contributed by atoms with Crippen molar-refractivity contribution >= 4 is 11.8 Å². The van der Waals surface area contributed by atoms with Crippen molar-refractivity contribution in [2.75, 3.05) is 78.8 Å². The molecule has 0 saturated carbocycles. The Morgan fingerprint density at radius 1 is 0.769 bits per heavy atom. The molecule has 1 aliphatic rings. The number of piperazine rings is 1. The van der Waals surface area contributed by atoms with Gasteiger partial charge in [0, 0.05) is 52.6 Å². The summed E-state index contributed by atoms with van der Waals surface area (Å²) < 4.78 is 10.5. The lowest BCUT2D eigenvalue weighted by Crippen LogP contribution is -2.53. The fourth-order valence-corrected chi connectivity index (χ4v) is 2.71. The Balaban J connectivity index is 2.07. The average molecular weight is 373 g/mol. The van der Waals surface area contributed by atoms with E-state index in [2.05, 4.69) is 10.6 Å². The molecule has 1 rings (SSSR count). The first kappa shape index (κ1) is 22.8. The lowest BCUT2D eigenvalue weighted by atomic mass is 10.3. The van der Waals surface area contributed by atoms with E-state index in [1.54, 1.807) is 0 Å². The van der Waals surface area contributed by atoms with E-state index in [1.807, 2.05) is 23.6 Å². The first-order valence-corrected chi connectivity index (χ1v) is 9.81. The predicted octanol–water partition coefficient (Wildman–Crippen LogP) is -0.310. The Labute approximate surface area is 157 Å². The van der Waals surface area contributed by atoms with Crippen LogP contribution in [0.2, 0.25) is 0 Å². The summed E-state index contributed by atoms with van der Waals surface area (Å²) in [7, 11) is 0. The van der Waals surface area contributed by atoms with Crippen molar-refractivity contribution in [3.8, 4) is 0 Å². The van der Waals surface area contributed by atoms with E-state index in [0.717, 1.165) is 52.4 Å². The van der Waals surface area contributed by atoms with Crippen LogP contribution in [0.4, 0.5) is 0 Å². The van der Waals surface area contributed by atoms with Crippen LogP contribution in [-0.4, -0.2) is 100 Å². The number of carbonyl (C=O) groups is 2. The van der Waals surface area contributed by atoms with Crippen LogP contribution in [0, 0.1) is 0 Å². The molecule has 26 heavy (non-hydrogen) atoms. The molecule has 0 aromatic heterocycles. The minimum Gasteiger partial charge on any atom is -0.382 e. The molecule has 2 amide bonds. The van der Waals surface area contributed by atoms with E-state index in [9.17, 15) is 9.59 Å². The van der Waals surface area contributed by atoms with Crippen molar-refractivity contribution in [2.24, 2.45) is 0 Å². The lowest BCUT2D eigenvalue weighted by Gasteiger charge is -2.35. The van der Waals surface area contributed by atoms with Crippen molar-refractivity contribution in [1.82, 2.24) is 20.4 Å². The Morgan fingerprint density at radius 2 is 1.15 bits per heavy atom. The second kappa shape index (κ2) is 14.9. The third kappa shape index (κ3) is 10.1. The molecular weight excluding hydrogens is 336 g/mol. The lowest BCUT2D eigenvalue weighted by molar-refractivity contribution is -0.138. The average Bonchev–Trinajstić information content (AvgIpc) is 2.67. The zero-order valence-electron chi connectivity index (χ0n) is 16.4. The zero-order valence-corrected chi connectivity index (χ0v) is 16.4. The maximum atomic E-state index is 12.2. The molecule has 0 atom stereocenters. The largest absolute Gasteiger partial charge is 0.382 e. The van der Waals surface area contributed by atoms with E-state index < -0.39 is 0 Å². The molecule has 8 heteroatoms. The summed E-state index contributed by atoms with van der Waals surface area (Å²) in [5.74, 6) is 0.199. The molecule has 1 saturated heterocycles. The zero-order chi connectivity index (χ0) is 19.0. The standard InChI is InChI=1S/C18H36N4O4/c1-3-25-13-5-7-19-15-17(23)21-9-11-22(12-10-21)18(24)16-20-8-6-14-26-4-2/h19-20H,3-16H2,1-2H3. The maximum Gasteiger partial charge on any atom is 0.236 e. The highest BCUT2D eigenvalue weighted by Gasteiger charge is 2.23. The third-order valence-electron chi connectivity index (χ3n) is 4.23. The van der Waals surface area contributed by atoms with E-state index in [1.165, 1.54) is 0 Å². The first-order chi connectivity index (χ1) is 12.7. The van der Waals surface area contributed by atoms with E-state index in [0.29, 0.717) is 39.3 Å². The predicted molar refractivity (Wildman–Crippen MR) is 101 cm³/mol. The molecule has 0 unspecified atom stereocenters. The van der Waals surface area contributed by atoms with Gasteiger partial charge in [0.1, 0.15) is 0 Å². The van der Waals surface area contributed by atoms with Gasteiger partial charge in [0.15, 0.2) is 0 Å². The number of ether oxygens (including phenoxy) is 2. The molecule has 0 aromatic carbocycles. The Morgan fingerprint density at radius 3 is 1.50 bits per heavy atom. The summed E-state index contributed by atoms with van der Waals surface area (Å²) in [5, 5.41) is 6.30. The molecule has 1 heterocycles. The summed E-state index contributed by atoms with van der Waals surface area (Å²) in [6.07, 6.45) is 1.81. The fraction of sp³-hybridized carbons (Fsp3) is 0.889. The highest BCUT2D eigenvalue weighted by molar-refractivity contribution is 5.80. The van der Waals surface area contributed by atoms with Crippen LogP contribution in [0.25, 0.3) is 0 Å². The smallest absolute Gasteiger partial charge is 0.236 e. The normalized spacial score (nSPS) is 14.7. The van der Waals surface area contributed by atoms with Gasteiger partial charge in [0.2, 0.25) is 11.8 Å². The molecule has 0 spiro atoms. The number of hydrogen-bond acceptors (Lipinski definition) is 6. The minimum atomic E-state index is 0.0996. The highest BCUT2D eigenvalue weighted by atomic mass is 16.5. The third-order valence-corrected chi connectivity index (χ3v) is 4.23. The van der Waals surface area contributed by atoms with Crippen LogP contribution in [0.5, 0.6) is 0 Å². The number of nitrogens with one attached hydrogen (secondary N) is 2. The van der Waals surface area contributed by atoms with Crippen LogP contribution >= 0.6 is 0 Å². The Bertz CT molecular complexity index is 351. The van der Waals surface area contributed by atoms with Gasteiger partial charge in [-0.1, -0.05) is 0 Å². The van der Waals surface area contributed by atoms with Gasteiger partial charge in [0.05, 0.1) is 13.1 Å². The SMILES string of the molecule is CCOCCCNCC(=O)N1CCN(C(=O)CNCCCOCC)CC1. The molecule has 8 nitrogen and oxygen atoms in total. The fourth-order valence-electron chi connectivity index (χ4n) is 2.71. The highest BCUT2D eigenvalue weighted by Crippen LogP contribution is 2.02. The molecule has 2 N–H and O–H groups in total. The first-order valence-electron chi connectivity index (χ1n) is 9.81. The van der Waals surface area contributed by atoms with Crippen molar-refractivity contribution in [3.63, 3.8) is 0 Å². The molecule has 1 fully saturated rings. The second-order valence-corrected chi connectivity index (χ2v) is 6.22. The Hall–Kier alpha value is -1.22. The second-order valence-electron chi connectivity index (χ2n) is 6.22. The quantitative estimate of drug-likeness (QED) is 0.407. The van der Waals surface area contributed by atoms with Crippen molar-refractivity contribution in [1.29, 1.82) is 0 Å². The topological polar surface area (TPSA) is 83.1 Å². The Kier molecular flexibility index (Phi) is 13.1. The van der Waals surface area contributed by atoms with Crippen molar-refractivity contribution in [3.05, 3.63) is 0 Å². The molecule has 0 radical (unpaired) electrons. The number of amides is 2. The van der Waals surface area contributed by atoms with Gasteiger partial charge in [-0.05, 0) is 39.8 Å². The van der Waals surface area contributed by atoms with E-state index in [4.69, 9.17) is 9.47 Å². The molecular formula is C18H36N4O4. The number of hydrogen-bond donors (Lipinski definition) is 2. The van der Waals surface area contributed by atoms with Gasteiger partial charge >= 0.3 is 0 Å². The van der Waals surface area contributed by atoms with Gasteiger partial charge in [-0.3, -0.25) is 9.59 Å². The van der Waals surface area contributed by atoms with Crippen LogP contribution in [0.1, 0.15) is 26.7 Å². The van der Waals surface area contributed by atoms with Crippen LogP contribution in [0.15, 0.2) is 0 Å². The van der Waals surface area contributed by atoms with Gasteiger partial charge in [0.25, 0.3) is 0 Å². The van der Waals surface area contributed by atoms with Gasteiger partial charge in [-0.25, -0.2) is 0 Å². The molecule has 1 aliphatic heterocycles. The van der Waals surface area contributed by atoms with Crippen molar-refractivity contribution < 1.29 is 19.1 Å². The van der Waals surface area contributed by atoms with Crippen LogP contribution in [0.3, 0.4) is 0 Å². The number of nitrogens with zero attached hydrogens (tertiary/aromatic N) is 2. The monoisotopic (exact) mass is 372 g/mol. The van der Waals surface area contributed by atoms with Crippen molar-refractivity contribution in [2.45, 2.75) is 26.7 Å².